The number of carbonyl (C=O) groups excluding carboxylic acids is 1. The summed E-state index contributed by atoms with van der Waals surface area (Å²) in [5, 5.41) is 2.93. The number of hydrogen-bond donors (Lipinski definition) is 1. The zero-order valence-electron chi connectivity index (χ0n) is 9.69. The number of fused-ring (bicyclic) bond motifs is 1. The van der Waals surface area contributed by atoms with Crippen LogP contribution in [0, 0.1) is 0 Å². The third kappa shape index (κ3) is 2.14. The second kappa shape index (κ2) is 4.72. The Morgan fingerprint density at radius 1 is 1.06 bits per heavy atom. The molecule has 1 heterocycles. The van der Waals surface area contributed by atoms with Gasteiger partial charge in [-0.2, -0.15) is 0 Å². The lowest BCUT2D eigenvalue weighted by molar-refractivity contribution is -0.115. The van der Waals surface area contributed by atoms with E-state index >= 15 is 0 Å². The summed E-state index contributed by atoms with van der Waals surface area (Å²) in [6.07, 6.45) is 0.899. The number of hydrogen-bond acceptors (Lipinski definition) is 1. The molecule has 0 bridgehead atoms. The van der Waals surface area contributed by atoms with Crippen LogP contribution in [0.4, 0.5) is 5.69 Å². The predicted molar refractivity (Wildman–Crippen MR) is 81.1 cm³/mol. The maximum atomic E-state index is 11.6. The van der Waals surface area contributed by atoms with Crippen molar-refractivity contribution >= 4 is 34.2 Å². The summed E-state index contributed by atoms with van der Waals surface area (Å²) in [5.41, 5.74) is 4.57. The van der Waals surface area contributed by atoms with E-state index in [2.05, 4.69) is 58.2 Å². The molecule has 1 N–H and O–H groups in total. The molecule has 1 amide bonds. The molecule has 90 valence electrons. The first kappa shape index (κ1) is 11.7. The van der Waals surface area contributed by atoms with Gasteiger partial charge < -0.3 is 5.32 Å². The lowest BCUT2D eigenvalue weighted by Gasteiger charge is -2.05. The van der Waals surface area contributed by atoms with Gasteiger partial charge >= 0.3 is 0 Å². The van der Waals surface area contributed by atoms with E-state index in [4.69, 9.17) is 0 Å². The molecular weight excluding hydrogens is 337 g/mol. The van der Waals surface area contributed by atoms with Crippen molar-refractivity contribution in [3.05, 3.63) is 65.2 Å². The molecule has 2 nitrogen and oxygen atoms in total. The van der Waals surface area contributed by atoms with Gasteiger partial charge in [0.25, 0.3) is 0 Å². The van der Waals surface area contributed by atoms with Gasteiger partial charge in [0.15, 0.2) is 0 Å². The molecule has 0 saturated carbocycles. The summed E-state index contributed by atoms with van der Waals surface area (Å²) in [5.74, 6) is 0.0856. The molecule has 18 heavy (non-hydrogen) atoms. The average Bonchev–Trinajstić information content (AvgIpc) is 2.66. The highest BCUT2D eigenvalue weighted by Crippen LogP contribution is 2.37. The van der Waals surface area contributed by atoms with Crippen LogP contribution in [-0.4, -0.2) is 5.91 Å². The van der Waals surface area contributed by atoms with E-state index in [-0.39, 0.29) is 9.83 Å². The van der Waals surface area contributed by atoms with Crippen LogP contribution in [0.15, 0.2) is 48.5 Å². The Hall–Kier alpha value is -1.36. The largest absolute Gasteiger partial charge is 0.325 e. The van der Waals surface area contributed by atoms with Gasteiger partial charge in [-0.25, -0.2) is 0 Å². The van der Waals surface area contributed by atoms with Gasteiger partial charge in [0.2, 0.25) is 5.91 Å². The van der Waals surface area contributed by atoms with E-state index < -0.39 is 0 Å². The van der Waals surface area contributed by atoms with E-state index in [0.29, 0.717) is 0 Å². The number of benzene rings is 2. The van der Waals surface area contributed by atoms with Crippen LogP contribution in [0.3, 0.4) is 0 Å². The maximum absolute atomic E-state index is 11.6. The van der Waals surface area contributed by atoms with Crippen LogP contribution in [-0.2, 0) is 11.2 Å². The molecule has 1 aliphatic heterocycles. The third-order valence-electron chi connectivity index (χ3n) is 3.13. The summed E-state index contributed by atoms with van der Waals surface area (Å²) >= 11 is 2.17. The standard InChI is InChI=1S/C15H12INO/c16-14-12-7-6-11(9-13(12)17-15(14)18)8-10-4-2-1-3-5-10/h1-7,9,14H,8H2,(H,17,18). The molecule has 3 heteroatoms. The molecule has 1 unspecified atom stereocenters. The number of nitrogens with one attached hydrogen (secondary N) is 1. The molecule has 1 atom stereocenters. The highest BCUT2D eigenvalue weighted by molar-refractivity contribution is 14.1. The van der Waals surface area contributed by atoms with Gasteiger partial charge in [-0.05, 0) is 29.2 Å². The van der Waals surface area contributed by atoms with E-state index in [9.17, 15) is 4.79 Å². The lowest BCUT2D eigenvalue weighted by Crippen LogP contribution is -2.06. The molecule has 0 aliphatic carbocycles. The van der Waals surface area contributed by atoms with Crippen LogP contribution < -0.4 is 5.32 Å². The highest BCUT2D eigenvalue weighted by Gasteiger charge is 2.27. The first-order valence-electron chi connectivity index (χ1n) is 5.86. The fourth-order valence-electron chi connectivity index (χ4n) is 2.21. The Balaban J connectivity index is 1.88. The van der Waals surface area contributed by atoms with Crippen LogP contribution in [0.1, 0.15) is 20.6 Å². The van der Waals surface area contributed by atoms with Gasteiger partial charge in [0, 0.05) is 5.69 Å². The summed E-state index contributed by atoms with van der Waals surface area (Å²) in [7, 11) is 0. The van der Waals surface area contributed by atoms with E-state index in [1.807, 2.05) is 18.2 Å². The monoisotopic (exact) mass is 349 g/mol. The number of carbonyl (C=O) groups is 1. The minimum Gasteiger partial charge on any atom is -0.325 e. The van der Waals surface area contributed by atoms with Crippen LogP contribution in [0.25, 0.3) is 0 Å². The van der Waals surface area contributed by atoms with Crippen LogP contribution >= 0.6 is 22.6 Å². The Bertz CT molecular complexity index is 595. The summed E-state index contributed by atoms with van der Waals surface area (Å²) in [6, 6.07) is 16.6. The van der Waals surface area contributed by atoms with Gasteiger partial charge in [-0.1, -0.05) is 65.1 Å². The molecule has 1 aliphatic rings. The molecular formula is C15H12INO. The number of anilines is 1. The van der Waals surface area contributed by atoms with Crippen LogP contribution in [0.5, 0.6) is 0 Å². The maximum Gasteiger partial charge on any atom is 0.241 e. The Morgan fingerprint density at radius 3 is 2.61 bits per heavy atom. The summed E-state index contributed by atoms with van der Waals surface area (Å²) in [4.78, 5) is 11.6. The minimum absolute atomic E-state index is 0.0524. The van der Waals surface area contributed by atoms with Crippen molar-refractivity contribution in [2.45, 2.75) is 10.3 Å². The normalized spacial score (nSPS) is 17.4. The summed E-state index contributed by atoms with van der Waals surface area (Å²) in [6.45, 7) is 0. The van der Waals surface area contributed by atoms with Gasteiger partial charge in [0.05, 0.1) is 0 Å². The Labute approximate surface area is 120 Å². The smallest absolute Gasteiger partial charge is 0.241 e. The summed E-state index contributed by atoms with van der Waals surface area (Å²) < 4.78 is -0.0524. The molecule has 2 aromatic rings. The number of rotatable bonds is 2. The van der Waals surface area contributed by atoms with E-state index in [1.54, 1.807) is 0 Å². The Kier molecular flexibility index (Phi) is 3.07. The zero-order chi connectivity index (χ0) is 12.5. The fraction of sp³-hybridized carbons (Fsp3) is 0.133. The third-order valence-corrected chi connectivity index (χ3v) is 4.37. The number of alkyl halides is 1. The molecule has 3 rings (SSSR count). The van der Waals surface area contributed by atoms with Crippen molar-refractivity contribution in [1.82, 2.24) is 0 Å². The highest BCUT2D eigenvalue weighted by atomic mass is 127. The van der Waals surface area contributed by atoms with Crippen LogP contribution in [0.2, 0.25) is 0 Å². The zero-order valence-corrected chi connectivity index (χ0v) is 11.8. The quantitative estimate of drug-likeness (QED) is 0.650. The first-order chi connectivity index (χ1) is 8.74. The SMILES string of the molecule is O=C1Nc2cc(Cc3ccccc3)ccc2C1I. The molecule has 0 radical (unpaired) electrons. The average molecular weight is 349 g/mol. The van der Waals surface area contributed by atoms with Crippen molar-refractivity contribution in [1.29, 1.82) is 0 Å². The van der Waals surface area contributed by atoms with Crippen molar-refractivity contribution < 1.29 is 4.79 Å². The first-order valence-corrected chi connectivity index (χ1v) is 7.10. The van der Waals surface area contributed by atoms with Gasteiger partial charge in [0.1, 0.15) is 3.92 Å². The van der Waals surface area contributed by atoms with Crippen molar-refractivity contribution in [2.24, 2.45) is 0 Å². The number of halogens is 1. The fourth-order valence-corrected chi connectivity index (χ4v) is 2.91. The van der Waals surface area contributed by atoms with E-state index in [1.165, 1.54) is 11.1 Å². The van der Waals surface area contributed by atoms with E-state index in [0.717, 1.165) is 17.7 Å². The second-order valence-electron chi connectivity index (χ2n) is 4.44. The topological polar surface area (TPSA) is 29.1 Å². The van der Waals surface area contributed by atoms with Gasteiger partial charge in [-0.3, -0.25) is 4.79 Å². The van der Waals surface area contributed by atoms with Crippen molar-refractivity contribution in [3.8, 4) is 0 Å². The molecule has 0 saturated heterocycles. The Morgan fingerprint density at radius 2 is 1.83 bits per heavy atom. The van der Waals surface area contributed by atoms with Crippen molar-refractivity contribution in [3.63, 3.8) is 0 Å². The molecule has 0 aromatic heterocycles. The second-order valence-corrected chi connectivity index (χ2v) is 5.68. The molecule has 0 fully saturated rings. The predicted octanol–water partition coefficient (Wildman–Crippen LogP) is 3.71. The van der Waals surface area contributed by atoms with Crippen molar-refractivity contribution in [2.75, 3.05) is 5.32 Å². The van der Waals surface area contributed by atoms with Gasteiger partial charge in [-0.15, -0.1) is 0 Å². The molecule has 2 aromatic carbocycles. The minimum atomic E-state index is -0.0524. The number of amides is 1. The lowest BCUT2D eigenvalue weighted by atomic mass is 10.0. The molecule has 0 spiro atoms.